The van der Waals surface area contributed by atoms with Crippen molar-refractivity contribution in [2.75, 3.05) is 12.0 Å². The molecule has 0 spiro atoms. The molecule has 2 aliphatic rings. The van der Waals surface area contributed by atoms with Crippen LogP contribution in [-0.2, 0) is 19.1 Å². The third kappa shape index (κ3) is 2.29. The number of carbonyl (C=O) groups is 3. The van der Waals surface area contributed by atoms with Gasteiger partial charge in [0, 0.05) is 3.57 Å². The van der Waals surface area contributed by atoms with Gasteiger partial charge in [-0.25, -0.2) is 9.69 Å². The van der Waals surface area contributed by atoms with Gasteiger partial charge in [0.25, 0.3) is 5.91 Å². The van der Waals surface area contributed by atoms with E-state index in [0.29, 0.717) is 10.8 Å². The molecular weight excluding hydrogens is 419 g/mol. The molecule has 2 atom stereocenters. The van der Waals surface area contributed by atoms with Gasteiger partial charge in [-0.2, -0.15) is 0 Å². The van der Waals surface area contributed by atoms with Crippen molar-refractivity contribution in [3.63, 3.8) is 0 Å². The normalized spacial score (nSPS) is 23.0. The SMILES string of the molecule is COC(=O)C1=NN(N=O)[C@H]2C(=O)N(c3ccc(I)cc3)C(=O)[C@H]12. The second-order valence-electron chi connectivity index (χ2n) is 4.79. The van der Waals surface area contributed by atoms with Crippen molar-refractivity contribution in [3.05, 3.63) is 32.7 Å². The van der Waals surface area contributed by atoms with Crippen molar-refractivity contribution in [2.24, 2.45) is 16.3 Å². The zero-order valence-corrected chi connectivity index (χ0v) is 13.8. The summed E-state index contributed by atoms with van der Waals surface area (Å²) in [6.45, 7) is 0. The van der Waals surface area contributed by atoms with Gasteiger partial charge in [0.2, 0.25) is 5.91 Å². The summed E-state index contributed by atoms with van der Waals surface area (Å²) in [6, 6.07) is 5.41. The molecule has 2 heterocycles. The summed E-state index contributed by atoms with van der Waals surface area (Å²) in [5, 5.41) is 6.79. The van der Waals surface area contributed by atoms with E-state index in [9.17, 15) is 19.3 Å². The number of nitrogens with zero attached hydrogens (tertiary/aromatic N) is 4. The van der Waals surface area contributed by atoms with Gasteiger partial charge in [-0.05, 0) is 46.9 Å². The number of imide groups is 1. The van der Waals surface area contributed by atoms with Crippen LogP contribution in [0.1, 0.15) is 0 Å². The van der Waals surface area contributed by atoms with E-state index >= 15 is 0 Å². The number of benzene rings is 1. The summed E-state index contributed by atoms with van der Waals surface area (Å²) in [5.74, 6) is -3.39. The van der Waals surface area contributed by atoms with Gasteiger partial charge in [0.15, 0.2) is 11.8 Å². The van der Waals surface area contributed by atoms with Gasteiger partial charge in [0.1, 0.15) is 5.92 Å². The van der Waals surface area contributed by atoms with Crippen molar-refractivity contribution in [3.8, 4) is 0 Å². The molecule has 1 fully saturated rings. The molecule has 3 rings (SSSR count). The highest BCUT2D eigenvalue weighted by molar-refractivity contribution is 14.1. The van der Waals surface area contributed by atoms with Crippen molar-refractivity contribution < 1.29 is 19.1 Å². The van der Waals surface area contributed by atoms with Crippen LogP contribution in [-0.4, -0.2) is 41.8 Å². The van der Waals surface area contributed by atoms with Crippen LogP contribution in [0.5, 0.6) is 0 Å². The summed E-state index contributed by atoms with van der Waals surface area (Å²) in [6.07, 6.45) is 0. The highest BCUT2D eigenvalue weighted by Gasteiger charge is 2.59. The van der Waals surface area contributed by atoms with E-state index in [-0.39, 0.29) is 5.71 Å². The lowest BCUT2D eigenvalue weighted by Crippen LogP contribution is -2.36. The lowest BCUT2D eigenvalue weighted by Gasteiger charge is -2.16. The van der Waals surface area contributed by atoms with E-state index in [2.05, 4.69) is 37.7 Å². The molecule has 0 unspecified atom stereocenters. The molecule has 0 saturated carbocycles. The highest BCUT2D eigenvalue weighted by Crippen LogP contribution is 2.35. The van der Waals surface area contributed by atoms with Gasteiger partial charge in [-0.1, -0.05) is 0 Å². The van der Waals surface area contributed by atoms with Crippen LogP contribution in [0.25, 0.3) is 0 Å². The van der Waals surface area contributed by atoms with E-state index in [1.165, 1.54) is 0 Å². The van der Waals surface area contributed by atoms with Crippen molar-refractivity contribution >= 4 is 51.8 Å². The third-order valence-corrected chi connectivity index (χ3v) is 4.31. The molecule has 0 radical (unpaired) electrons. The molecule has 118 valence electrons. The Morgan fingerprint density at radius 2 is 1.91 bits per heavy atom. The lowest BCUT2D eigenvalue weighted by molar-refractivity contribution is -0.133. The Morgan fingerprint density at radius 3 is 2.48 bits per heavy atom. The third-order valence-electron chi connectivity index (χ3n) is 3.59. The monoisotopic (exact) mass is 428 g/mol. The first-order valence-corrected chi connectivity index (χ1v) is 7.50. The summed E-state index contributed by atoms with van der Waals surface area (Å²) < 4.78 is 5.48. The molecule has 10 heteroatoms. The minimum absolute atomic E-state index is 0.302. The Labute approximate surface area is 143 Å². The van der Waals surface area contributed by atoms with Crippen LogP contribution in [0.4, 0.5) is 5.69 Å². The van der Waals surface area contributed by atoms with Crippen LogP contribution in [0.2, 0.25) is 0 Å². The molecular formula is C13H9IN4O5. The molecule has 0 aliphatic carbocycles. The zero-order chi connectivity index (χ0) is 16.7. The zero-order valence-electron chi connectivity index (χ0n) is 11.7. The number of hydrazone groups is 1. The van der Waals surface area contributed by atoms with E-state index < -0.39 is 29.7 Å². The number of amides is 2. The number of halogens is 1. The lowest BCUT2D eigenvalue weighted by atomic mass is 9.98. The number of esters is 1. The predicted molar refractivity (Wildman–Crippen MR) is 86.0 cm³/mol. The molecule has 1 saturated heterocycles. The maximum atomic E-state index is 12.6. The number of hydrogen-bond donors (Lipinski definition) is 0. The molecule has 1 aromatic rings. The average Bonchev–Trinajstić information content (AvgIpc) is 3.05. The highest BCUT2D eigenvalue weighted by atomic mass is 127. The molecule has 0 aromatic heterocycles. The van der Waals surface area contributed by atoms with Crippen LogP contribution in [0.3, 0.4) is 0 Å². The quantitative estimate of drug-likeness (QED) is 0.303. The molecule has 0 N–H and O–H groups in total. The van der Waals surface area contributed by atoms with E-state index in [1.807, 2.05) is 0 Å². The Balaban J connectivity index is 2.03. The van der Waals surface area contributed by atoms with Gasteiger partial charge >= 0.3 is 5.97 Å². The maximum absolute atomic E-state index is 12.6. The number of anilines is 1. The van der Waals surface area contributed by atoms with Crippen LogP contribution >= 0.6 is 22.6 Å². The topological polar surface area (TPSA) is 109 Å². The molecule has 0 bridgehead atoms. The smallest absolute Gasteiger partial charge is 0.355 e. The van der Waals surface area contributed by atoms with E-state index in [0.717, 1.165) is 15.6 Å². The average molecular weight is 428 g/mol. The van der Waals surface area contributed by atoms with Gasteiger partial charge in [0.05, 0.1) is 18.1 Å². The first-order chi connectivity index (χ1) is 11.0. The number of ether oxygens (including phenoxy) is 1. The Hall–Kier alpha value is -2.37. The second kappa shape index (κ2) is 5.68. The summed E-state index contributed by atoms with van der Waals surface area (Å²) in [7, 11) is 1.12. The summed E-state index contributed by atoms with van der Waals surface area (Å²) >= 11 is 2.09. The number of rotatable bonds is 3. The fourth-order valence-corrected chi connectivity index (χ4v) is 2.94. The summed E-state index contributed by atoms with van der Waals surface area (Å²) in [5.41, 5.74) is 0.0494. The van der Waals surface area contributed by atoms with Crippen LogP contribution in [0, 0.1) is 14.4 Å². The van der Waals surface area contributed by atoms with Crippen molar-refractivity contribution in [2.45, 2.75) is 6.04 Å². The Bertz CT molecular complexity index is 747. The van der Waals surface area contributed by atoms with Gasteiger partial charge in [-0.3, -0.25) is 9.59 Å². The molecule has 2 amide bonds. The maximum Gasteiger partial charge on any atom is 0.355 e. The van der Waals surface area contributed by atoms with Crippen LogP contribution < -0.4 is 4.90 Å². The largest absolute Gasteiger partial charge is 0.464 e. The first-order valence-electron chi connectivity index (χ1n) is 6.42. The molecule has 9 nitrogen and oxygen atoms in total. The standard InChI is InChI=1S/C13H9IN4O5/c1-23-13(21)9-8-10(18(15-9)16-22)12(20)17(11(8)19)7-4-2-6(14)3-5-7/h2-5,8,10H,1H3/t8-,10-/m1/s1. The number of methoxy groups -OCH3 is 1. The number of fused-ring (bicyclic) bond motifs is 1. The van der Waals surface area contributed by atoms with Crippen molar-refractivity contribution in [1.29, 1.82) is 0 Å². The second-order valence-corrected chi connectivity index (χ2v) is 6.04. The summed E-state index contributed by atoms with van der Waals surface area (Å²) in [4.78, 5) is 48.7. The van der Waals surface area contributed by atoms with Gasteiger partial charge in [-0.15, -0.1) is 15.1 Å². The molecule has 23 heavy (non-hydrogen) atoms. The van der Waals surface area contributed by atoms with Crippen LogP contribution in [0.15, 0.2) is 34.7 Å². The van der Waals surface area contributed by atoms with Gasteiger partial charge < -0.3 is 4.74 Å². The first kappa shape index (κ1) is 15.5. The Morgan fingerprint density at radius 1 is 1.26 bits per heavy atom. The molecule has 2 aliphatic heterocycles. The minimum Gasteiger partial charge on any atom is -0.464 e. The fraction of sp³-hybridized carbons (Fsp3) is 0.231. The number of carbonyl (C=O) groups excluding carboxylic acids is 3. The number of nitroso groups, excluding NO2 is 1. The van der Waals surface area contributed by atoms with E-state index in [4.69, 9.17) is 0 Å². The fourth-order valence-electron chi connectivity index (χ4n) is 2.58. The molecule has 1 aromatic carbocycles. The Kier molecular flexibility index (Phi) is 3.83. The van der Waals surface area contributed by atoms with E-state index in [1.54, 1.807) is 24.3 Å². The predicted octanol–water partition coefficient (Wildman–Crippen LogP) is 0.675. The van der Waals surface area contributed by atoms with Crippen molar-refractivity contribution in [1.82, 2.24) is 5.12 Å². The number of hydrogen-bond acceptors (Lipinski definition) is 7. The minimum atomic E-state index is -1.26.